The van der Waals surface area contributed by atoms with E-state index in [1.54, 1.807) is 0 Å². The molecule has 0 spiro atoms. The van der Waals surface area contributed by atoms with Gasteiger partial charge in [0.15, 0.2) is 0 Å². The van der Waals surface area contributed by atoms with E-state index in [9.17, 15) is 4.39 Å². The molecule has 0 heterocycles. The summed E-state index contributed by atoms with van der Waals surface area (Å²) in [5.74, 6) is 0.805. The summed E-state index contributed by atoms with van der Waals surface area (Å²) >= 11 is 5.93. The zero-order chi connectivity index (χ0) is 12.7. The predicted molar refractivity (Wildman–Crippen MR) is 70.0 cm³/mol. The summed E-state index contributed by atoms with van der Waals surface area (Å²) in [5, 5.41) is 0. The van der Waals surface area contributed by atoms with Crippen molar-refractivity contribution >= 4 is 11.6 Å². The average Bonchev–Trinajstić information content (AvgIpc) is 2.30. The Hall–Kier alpha value is -0.600. The molecule has 0 N–H and O–H groups in total. The maximum Gasteiger partial charge on any atom is 0.123 e. The SMILES string of the molecule is CC(C)OCCC(CCl)Cc1ccc(F)cc1. The van der Waals surface area contributed by atoms with Crippen LogP contribution in [0.15, 0.2) is 24.3 Å². The van der Waals surface area contributed by atoms with Gasteiger partial charge < -0.3 is 4.74 Å². The monoisotopic (exact) mass is 258 g/mol. The highest BCUT2D eigenvalue weighted by molar-refractivity contribution is 6.18. The minimum Gasteiger partial charge on any atom is -0.379 e. The lowest BCUT2D eigenvalue weighted by Crippen LogP contribution is -2.12. The smallest absolute Gasteiger partial charge is 0.123 e. The average molecular weight is 259 g/mol. The van der Waals surface area contributed by atoms with Crippen molar-refractivity contribution in [2.24, 2.45) is 5.92 Å². The number of rotatable bonds is 7. The van der Waals surface area contributed by atoms with E-state index in [1.807, 2.05) is 26.0 Å². The first-order chi connectivity index (χ1) is 8.11. The third-order valence-corrected chi connectivity index (χ3v) is 3.07. The first kappa shape index (κ1) is 14.5. The number of benzene rings is 1. The molecule has 1 unspecified atom stereocenters. The highest BCUT2D eigenvalue weighted by Gasteiger charge is 2.09. The van der Waals surface area contributed by atoms with Gasteiger partial charge in [0.25, 0.3) is 0 Å². The van der Waals surface area contributed by atoms with Crippen LogP contribution in [-0.2, 0) is 11.2 Å². The summed E-state index contributed by atoms with van der Waals surface area (Å²) in [5.41, 5.74) is 1.13. The van der Waals surface area contributed by atoms with Gasteiger partial charge in [-0.15, -0.1) is 11.6 Å². The second-order valence-electron chi connectivity index (χ2n) is 4.56. The number of alkyl halides is 1. The van der Waals surface area contributed by atoms with Gasteiger partial charge in [-0.25, -0.2) is 4.39 Å². The van der Waals surface area contributed by atoms with Crippen LogP contribution in [0.1, 0.15) is 25.8 Å². The van der Waals surface area contributed by atoms with Gasteiger partial charge in [0.1, 0.15) is 5.82 Å². The number of ether oxygens (including phenoxy) is 1. The third kappa shape index (κ3) is 6.04. The van der Waals surface area contributed by atoms with E-state index in [4.69, 9.17) is 16.3 Å². The molecule has 17 heavy (non-hydrogen) atoms. The van der Waals surface area contributed by atoms with Crippen molar-refractivity contribution < 1.29 is 9.13 Å². The maximum atomic E-state index is 12.8. The normalized spacial score (nSPS) is 13.0. The Bertz CT molecular complexity index is 311. The fourth-order valence-corrected chi connectivity index (χ4v) is 1.92. The Morgan fingerprint density at radius 2 is 1.88 bits per heavy atom. The Morgan fingerprint density at radius 1 is 1.24 bits per heavy atom. The van der Waals surface area contributed by atoms with Crippen molar-refractivity contribution in [3.63, 3.8) is 0 Å². The molecule has 0 aliphatic rings. The first-order valence-corrected chi connectivity index (χ1v) is 6.57. The Labute approximate surface area is 108 Å². The molecule has 0 aromatic heterocycles. The van der Waals surface area contributed by atoms with Crippen LogP contribution in [0, 0.1) is 11.7 Å². The topological polar surface area (TPSA) is 9.23 Å². The summed E-state index contributed by atoms with van der Waals surface area (Å²) in [6.07, 6.45) is 2.08. The molecule has 0 radical (unpaired) electrons. The van der Waals surface area contributed by atoms with Crippen molar-refractivity contribution in [2.75, 3.05) is 12.5 Å². The van der Waals surface area contributed by atoms with E-state index >= 15 is 0 Å². The molecule has 3 heteroatoms. The van der Waals surface area contributed by atoms with Crippen molar-refractivity contribution in [3.8, 4) is 0 Å². The second kappa shape index (κ2) is 7.67. The molecular formula is C14H20ClFO. The summed E-state index contributed by atoms with van der Waals surface area (Å²) in [4.78, 5) is 0. The molecule has 1 atom stereocenters. The molecule has 96 valence electrons. The van der Waals surface area contributed by atoms with Crippen molar-refractivity contribution in [3.05, 3.63) is 35.6 Å². The highest BCUT2D eigenvalue weighted by atomic mass is 35.5. The number of halogens is 2. The quantitative estimate of drug-likeness (QED) is 0.671. The molecule has 1 rings (SSSR count). The molecule has 0 amide bonds. The molecule has 0 saturated heterocycles. The van der Waals surface area contributed by atoms with E-state index < -0.39 is 0 Å². The zero-order valence-corrected chi connectivity index (χ0v) is 11.2. The number of hydrogen-bond acceptors (Lipinski definition) is 1. The van der Waals surface area contributed by atoms with Gasteiger partial charge in [0, 0.05) is 12.5 Å². The first-order valence-electron chi connectivity index (χ1n) is 6.03. The summed E-state index contributed by atoms with van der Waals surface area (Å²) in [6, 6.07) is 6.62. The van der Waals surface area contributed by atoms with Crippen LogP contribution in [0.2, 0.25) is 0 Å². The van der Waals surface area contributed by atoms with Crippen LogP contribution in [0.3, 0.4) is 0 Å². The summed E-state index contributed by atoms with van der Waals surface area (Å²) < 4.78 is 18.3. The van der Waals surface area contributed by atoms with Gasteiger partial charge in [0.05, 0.1) is 6.10 Å². The Morgan fingerprint density at radius 3 is 2.41 bits per heavy atom. The van der Waals surface area contributed by atoms with Crippen LogP contribution in [-0.4, -0.2) is 18.6 Å². The Balaban J connectivity index is 2.38. The molecule has 1 nitrogen and oxygen atoms in total. The minimum atomic E-state index is -0.195. The summed E-state index contributed by atoms with van der Waals surface area (Å²) in [6.45, 7) is 4.78. The van der Waals surface area contributed by atoms with Gasteiger partial charge in [0.2, 0.25) is 0 Å². The lowest BCUT2D eigenvalue weighted by Gasteiger charge is -2.15. The van der Waals surface area contributed by atoms with Crippen LogP contribution >= 0.6 is 11.6 Å². The van der Waals surface area contributed by atoms with Gasteiger partial charge in [-0.1, -0.05) is 12.1 Å². The third-order valence-electron chi connectivity index (χ3n) is 2.63. The number of hydrogen-bond donors (Lipinski definition) is 0. The maximum absolute atomic E-state index is 12.8. The van der Waals surface area contributed by atoms with Gasteiger partial charge >= 0.3 is 0 Å². The summed E-state index contributed by atoms with van der Waals surface area (Å²) in [7, 11) is 0. The van der Waals surface area contributed by atoms with Crippen LogP contribution in [0.25, 0.3) is 0 Å². The second-order valence-corrected chi connectivity index (χ2v) is 4.87. The largest absolute Gasteiger partial charge is 0.379 e. The van der Waals surface area contributed by atoms with E-state index in [0.717, 1.165) is 25.0 Å². The standard InChI is InChI=1S/C14H20ClFO/c1-11(2)17-8-7-13(10-15)9-12-3-5-14(16)6-4-12/h3-6,11,13H,7-10H2,1-2H3. The highest BCUT2D eigenvalue weighted by Crippen LogP contribution is 2.15. The fourth-order valence-electron chi connectivity index (χ4n) is 1.66. The van der Waals surface area contributed by atoms with E-state index in [2.05, 4.69) is 0 Å². The molecule has 1 aromatic carbocycles. The van der Waals surface area contributed by atoms with Crippen molar-refractivity contribution in [1.82, 2.24) is 0 Å². The van der Waals surface area contributed by atoms with Crippen LogP contribution in [0.4, 0.5) is 4.39 Å². The van der Waals surface area contributed by atoms with Crippen LogP contribution in [0.5, 0.6) is 0 Å². The molecule has 0 aliphatic heterocycles. The van der Waals surface area contributed by atoms with E-state index in [0.29, 0.717) is 11.8 Å². The molecular weight excluding hydrogens is 239 g/mol. The van der Waals surface area contributed by atoms with Crippen molar-refractivity contribution in [2.45, 2.75) is 32.8 Å². The lowest BCUT2D eigenvalue weighted by molar-refractivity contribution is 0.0700. The molecule has 0 saturated carbocycles. The molecule has 0 aliphatic carbocycles. The zero-order valence-electron chi connectivity index (χ0n) is 10.5. The Kier molecular flexibility index (Phi) is 6.53. The van der Waals surface area contributed by atoms with Gasteiger partial charge in [-0.05, 0) is 50.3 Å². The fraction of sp³-hybridized carbons (Fsp3) is 0.571. The van der Waals surface area contributed by atoms with E-state index in [1.165, 1.54) is 12.1 Å². The van der Waals surface area contributed by atoms with E-state index in [-0.39, 0.29) is 11.9 Å². The molecule has 0 bridgehead atoms. The predicted octanol–water partition coefficient (Wildman–Crippen LogP) is 4.04. The van der Waals surface area contributed by atoms with Crippen molar-refractivity contribution in [1.29, 1.82) is 0 Å². The van der Waals surface area contributed by atoms with Gasteiger partial charge in [-0.2, -0.15) is 0 Å². The van der Waals surface area contributed by atoms with Gasteiger partial charge in [-0.3, -0.25) is 0 Å². The molecule has 1 aromatic rings. The lowest BCUT2D eigenvalue weighted by atomic mass is 9.98. The molecule has 0 fully saturated rings. The van der Waals surface area contributed by atoms with Crippen LogP contribution < -0.4 is 0 Å². The minimum absolute atomic E-state index is 0.195.